The Morgan fingerprint density at radius 1 is 1.27 bits per heavy atom. The van der Waals surface area contributed by atoms with Crippen LogP contribution in [0.25, 0.3) is 0 Å². The van der Waals surface area contributed by atoms with Gasteiger partial charge in [0.05, 0.1) is 0 Å². The Morgan fingerprint density at radius 3 is 2.27 bits per heavy atom. The summed E-state index contributed by atoms with van der Waals surface area (Å²) in [7, 11) is 0. The van der Waals surface area contributed by atoms with Crippen molar-refractivity contribution < 1.29 is 0 Å². The van der Waals surface area contributed by atoms with Gasteiger partial charge in [0.25, 0.3) is 0 Å². The van der Waals surface area contributed by atoms with Gasteiger partial charge in [-0.2, -0.15) is 11.8 Å². The van der Waals surface area contributed by atoms with Gasteiger partial charge in [-0.1, -0.05) is 20.8 Å². The van der Waals surface area contributed by atoms with Gasteiger partial charge in [0.15, 0.2) is 0 Å². The zero-order valence-corrected chi connectivity index (χ0v) is 11.0. The van der Waals surface area contributed by atoms with E-state index in [1.165, 1.54) is 25.3 Å². The number of rotatable bonds is 2. The van der Waals surface area contributed by atoms with E-state index in [1.807, 2.05) is 0 Å². The highest BCUT2D eigenvalue weighted by Crippen LogP contribution is 2.42. The van der Waals surface area contributed by atoms with Crippen LogP contribution in [0.15, 0.2) is 0 Å². The molecular weight excluding hydrogens is 204 g/mol. The van der Waals surface area contributed by atoms with Crippen LogP contribution >= 0.6 is 11.8 Å². The van der Waals surface area contributed by atoms with Crippen LogP contribution in [0.3, 0.4) is 0 Å². The van der Waals surface area contributed by atoms with E-state index in [0.717, 1.165) is 18.4 Å². The summed E-state index contributed by atoms with van der Waals surface area (Å²) in [6, 6.07) is 0. The number of thioether (sulfide) groups is 1. The van der Waals surface area contributed by atoms with E-state index in [-0.39, 0.29) is 0 Å². The van der Waals surface area contributed by atoms with Crippen molar-refractivity contribution in [1.29, 1.82) is 0 Å². The third-order valence-electron chi connectivity index (χ3n) is 4.63. The highest BCUT2D eigenvalue weighted by Gasteiger charge is 2.47. The van der Waals surface area contributed by atoms with Gasteiger partial charge in [-0.15, -0.1) is 0 Å². The molecule has 2 heterocycles. The maximum atomic E-state index is 6.07. The molecular formula is C12H24N2S. The first-order valence-electron chi connectivity index (χ1n) is 6.17. The van der Waals surface area contributed by atoms with E-state index in [9.17, 15) is 0 Å². The predicted molar refractivity (Wildman–Crippen MR) is 68.2 cm³/mol. The summed E-state index contributed by atoms with van der Waals surface area (Å²) in [5, 5.41) is 0.708. The van der Waals surface area contributed by atoms with Crippen molar-refractivity contribution in [3.63, 3.8) is 0 Å². The van der Waals surface area contributed by atoms with Gasteiger partial charge in [-0.3, -0.25) is 4.90 Å². The average molecular weight is 228 g/mol. The highest BCUT2D eigenvalue weighted by molar-refractivity contribution is 8.00. The lowest BCUT2D eigenvalue weighted by Gasteiger charge is -2.41. The van der Waals surface area contributed by atoms with Crippen molar-refractivity contribution in [2.24, 2.45) is 17.6 Å². The maximum absolute atomic E-state index is 6.07. The zero-order chi connectivity index (χ0) is 11.1. The molecule has 0 aromatic carbocycles. The fraction of sp³-hybridized carbons (Fsp3) is 1.00. The molecule has 2 saturated heterocycles. The second-order valence-corrected chi connectivity index (χ2v) is 6.88. The van der Waals surface area contributed by atoms with Crippen molar-refractivity contribution in [3.05, 3.63) is 0 Å². The molecule has 2 aliphatic heterocycles. The lowest BCUT2D eigenvalue weighted by Crippen LogP contribution is -2.56. The fourth-order valence-corrected chi connectivity index (χ4v) is 4.57. The van der Waals surface area contributed by atoms with Crippen molar-refractivity contribution in [3.8, 4) is 0 Å². The summed E-state index contributed by atoms with van der Waals surface area (Å²) in [4.78, 5) is 2.69. The van der Waals surface area contributed by atoms with Crippen LogP contribution < -0.4 is 5.73 Å². The Labute approximate surface area is 98.0 Å². The van der Waals surface area contributed by atoms with Gasteiger partial charge in [-0.05, 0) is 24.0 Å². The highest BCUT2D eigenvalue weighted by atomic mass is 32.2. The SMILES string of the molecule is CC1CN(C2(CN)CCSC2C)CC1C. The fourth-order valence-electron chi connectivity index (χ4n) is 3.08. The molecule has 0 aliphatic carbocycles. The summed E-state index contributed by atoms with van der Waals surface area (Å²) in [5.74, 6) is 2.97. The molecule has 2 N–H and O–H groups in total. The van der Waals surface area contributed by atoms with Crippen LogP contribution in [-0.4, -0.2) is 41.1 Å². The minimum Gasteiger partial charge on any atom is -0.329 e. The van der Waals surface area contributed by atoms with E-state index in [0.29, 0.717) is 10.8 Å². The van der Waals surface area contributed by atoms with Gasteiger partial charge in [0.2, 0.25) is 0 Å². The smallest absolute Gasteiger partial charge is 0.0455 e. The van der Waals surface area contributed by atoms with E-state index in [4.69, 9.17) is 5.73 Å². The first kappa shape index (κ1) is 11.7. The minimum absolute atomic E-state index is 0.309. The molecule has 0 bridgehead atoms. The predicted octanol–water partition coefficient (Wildman–Crippen LogP) is 1.80. The number of hydrogen-bond donors (Lipinski definition) is 1. The summed E-state index contributed by atoms with van der Waals surface area (Å²) in [6.07, 6.45) is 1.29. The van der Waals surface area contributed by atoms with Gasteiger partial charge in [0.1, 0.15) is 0 Å². The largest absolute Gasteiger partial charge is 0.329 e. The summed E-state index contributed by atoms with van der Waals surface area (Å²) in [6.45, 7) is 10.5. The van der Waals surface area contributed by atoms with Crippen LogP contribution in [0.5, 0.6) is 0 Å². The lowest BCUT2D eigenvalue weighted by molar-refractivity contribution is 0.121. The van der Waals surface area contributed by atoms with Crippen LogP contribution in [-0.2, 0) is 0 Å². The molecule has 2 nitrogen and oxygen atoms in total. The first-order chi connectivity index (χ1) is 7.10. The van der Waals surface area contributed by atoms with Gasteiger partial charge in [0, 0.05) is 30.4 Å². The van der Waals surface area contributed by atoms with E-state index in [2.05, 4.69) is 37.4 Å². The molecule has 0 amide bonds. The number of likely N-dealkylation sites (tertiary alicyclic amines) is 1. The van der Waals surface area contributed by atoms with Crippen molar-refractivity contribution in [2.75, 3.05) is 25.4 Å². The Bertz CT molecular complexity index is 224. The molecule has 4 unspecified atom stereocenters. The maximum Gasteiger partial charge on any atom is 0.0455 e. The van der Waals surface area contributed by atoms with Crippen molar-refractivity contribution >= 4 is 11.8 Å². The molecule has 0 radical (unpaired) electrons. The Hall–Kier alpha value is 0.270. The van der Waals surface area contributed by atoms with Gasteiger partial charge >= 0.3 is 0 Å². The standard InChI is InChI=1S/C12H24N2S/c1-9-6-14(7-10(9)2)12(8-13)4-5-15-11(12)3/h9-11H,4-8,13H2,1-3H3. The second-order valence-electron chi connectivity index (χ2n) is 5.43. The summed E-state index contributed by atoms with van der Waals surface area (Å²) >= 11 is 2.10. The molecule has 0 aromatic rings. The molecule has 2 aliphatic rings. The second kappa shape index (κ2) is 4.27. The van der Waals surface area contributed by atoms with Crippen LogP contribution in [0.1, 0.15) is 27.2 Å². The van der Waals surface area contributed by atoms with Crippen molar-refractivity contribution in [2.45, 2.75) is 38.0 Å². The molecule has 0 saturated carbocycles. The molecule has 2 fully saturated rings. The lowest BCUT2D eigenvalue weighted by atomic mass is 9.91. The van der Waals surface area contributed by atoms with Crippen LogP contribution in [0, 0.1) is 11.8 Å². The molecule has 15 heavy (non-hydrogen) atoms. The summed E-state index contributed by atoms with van der Waals surface area (Å²) in [5.41, 5.74) is 6.38. The Morgan fingerprint density at radius 2 is 1.87 bits per heavy atom. The first-order valence-corrected chi connectivity index (χ1v) is 7.22. The molecule has 88 valence electrons. The third kappa shape index (κ3) is 1.83. The van der Waals surface area contributed by atoms with Gasteiger partial charge < -0.3 is 5.73 Å². The molecule has 0 spiro atoms. The summed E-state index contributed by atoms with van der Waals surface area (Å²) < 4.78 is 0. The molecule has 4 atom stereocenters. The normalized spacial score (nSPS) is 47.6. The third-order valence-corrected chi connectivity index (χ3v) is 6.01. The molecule has 3 heteroatoms. The number of hydrogen-bond acceptors (Lipinski definition) is 3. The monoisotopic (exact) mass is 228 g/mol. The minimum atomic E-state index is 0.309. The van der Waals surface area contributed by atoms with Crippen LogP contribution in [0.4, 0.5) is 0 Å². The molecule has 0 aromatic heterocycles. The number of nitrogens with zero attached hydrogens (tertiary/aromatic N) is 1. The Balaban J connectivity index is 2.13. The van der Waals surface area contributed by atoms with E-state index >= 15 is 0 Å². The topological polar surface area (TPSA) is 29.3 Å². The van der Waals surface area contributed by atoms with Crippen LogP contribution in [0.2, 0.25) is 0 Å². The Kier molecular flexibility index (Phi) is 3.34. The number of nitrogens with two attached hydrogens (primary N) is 1. The average Bonchev–Trinajstić information content (AvgIpc) is 2.73. The van der Waals surface area contributed by atoms with E-state index < -0.39 is 0 Å². The van der Waals surface area contributed by atoms with E-state index in [1.54, 1.807) is 0 Å². The van der Waals surface area contributed by atoms with Gasteiger partial charge in [-0.25, -0.2) is 0 Å². The molecule has 2 rings (SSSR count). The van der Waals surface area contributed by atoms with Crippen molar-refractivity contribution in [1.82, 2.24) is 4.90 Å². The quantitative estimate of drug-likeness (QED) is 0.781. The zero-order valence-electron chi connectivity index (χ0n) is 10.2.